The van der Waals surface area contributed by atoms with Crippen LogP contribution in [0.5, 0.6) is 0 Å². The van der Waals surface area contributed by atoms with Crippen molar-refractivity contribution in [3.8, 4) is 0 Å². The Balaban J connectivity index is 2.28. The molecule has 0 bridgehead atoms. The Morgan fingerprint density at radius 1 is 1.30 bits per heavy atom. The van der Waals surface area contributed by atoms with Gasteiger partial charge in [0, 0.05) is 18.8 Å². The first kappa shape index (κ1) is 14.8. The molecule has 1 unspecified atom stereocenters. The van der Waals surface area contributed by atoms with Crippen molar-refractivity contribution in [2.24, 2.45) is 7.05 Å². The maximum atomic E-state index is 4.51. The fourth-order valence-electron chi connectivity index (χ4n) is 2.73. The average molecular weight is 271 g/mol. The number of likely N-dealkylation sites (N-methyl/N-ethyl adjacent to an activating group) is 1. The molecule has 2 aromatic rings. The molecule has 3 nitrogen and oxygen atoms in total. The Bertz CT molecular complexity index is 584. The van der Waals surface area contributed by atoms with Gasteiger partial charge in [-0.25, -0.2) is 0 Å². The molecule has 0 saturated heterocycles. The predicted molar refractivity (Wildman–Crippen MR) is 84.0 cm³/mol. The first-order chi connectivity index (χ1) is 9.56. The molecule has 0 aliphatic carbocycles. The maximum absolute atomic E-state index is 4.51. The molecule has 0 spiro atoms. The lowest BCUT2D eigenvalue weighted by Crippen LogP contribution is -2.19. The van der Waals surface area contributed by atoms with Gasteiger partial charge in [0.05, 0.1) is 5.69 Å². The van der Waals surface area contributed by atoms with Gasteiger partial charge in [0.1, 0.15) is 0 Å². The fraction of sp³-hybridized carbons (Fsp3) is 0.471. The first-order valence-electron chi connectivity index (χ1n) is 7.32. The van der Waals surface area contributed by atoms with Crippen LogP contribution in [-0.2, 0) is 19.9 Å². The minimum atomic E-state index is 0.336. The number of aryl methyl sites for hydroxylation is 3. The van der Waals surface area contributed by atoms with Crippen LogP contribution in [0.2, 0.25) is 0 Å². The van der Waals surface area contributed by atoms with E-state index in [9.17, 15) is 0 Å². The summed E-state index contributed by atoms with van der Waals surface area (Å²) in [6.45, 7) is 6.44. The highest BCUT2D eigenvalue weighted by molar-refractivity contribution is 5.31. The molecular formula is C17H25N3. The van der Waals surface area contributed by atoms with Crippen molar-refractivity contribution in [1.82, 2.24) is 15.1 Å². The smallest absolute Gasteiger partial charge is 0.0629 e. The Labute approximate surface area is 122 Å². The van der Waals surface area contributed by atoms with Crippen LogP contribution in [-0.4, -0.2) is 16.8 Å². The van der Waals surface area contributed by atoms with Gasteiger partial charge in [-0.2, -0.15) is 5.10 Å². The minimum absolute atomic E-state index is 0.336. The summed E-state index contributed by atoms with van der Waals surface area (Å²) in [6, 6.07) is 9.20. The molecule has 20 heavy (non-hydrogen) atoms. The van der Waals surface area contributed by atoms with Crippen molar-refractivity contribution >= 4 is 0 Å². The highest BCUT2D eigenvalue weighted by Gasteiger charge is 2.16. The van der Waals surface area contributed by atoms with E-state index >= 15 is 0 Å². The normalized spacial score (nSPS) is 12.7. The number of nitrogens with zero attached hydrogens (tertiary/aromatic N) is 2. The van der Waals surface area contributed by atoms with Crippen molar-refractivity contribution in [3.63, 3.8) is 0 Å². The molecule has 1 N–H and O–H groups in total. The van der Waals surface area contributed by atoms with Gasteiger partial charge in [0.2, 0.25) is 0 Å². The average Bonchev–Trinajstić information content (AvgIpc) is 2.70. The summed E-state index contributed by atoms with van der Waals surface area (Å²) in [7, 11) is 4.04. The van der Waals surface area contributed by atoms with Gasteiger partial charge in [-0.15, -0.1) is 0 Å². The van der Waals surface area contributed by atoms with E-state index in [1.807, 2.05) is 18.8 Å². The lowest BCUT2D eigenvalue weighted by atomic mass is 9.96. The Hall–Kier alpha value is -1.61. The quantitative estimate of drug-likeness (QED) is 0.905. The third-order valence-corrected chi connectivity index (χ3v) is 4.18. The monoisotopic (exact) mass is 271 g/mol. The summed E-state index contributed by atoms with van der Waals surface area (Å²) in [5.74, 6) is 0. The van der Waals surface area contributed by atoms with Gasteiger partial charge in [-0.05, 0) is 50.4 Å². The first-order valence-corrected chi connectivity index (χ1v) is 7.32. The summed E-state index contributed by atoms with van der Waals surface area (Å²) < 4.78 is 1.97. The Kier molecular flexibility index (Phi) is 4.61. The number of hydrogen-bond donors (Lipinski definition) is 1. The molecule has 1 aromatic heterocycles. The number of aromatic nitrogens is 2. The number of hydrogen-bond acceptors (Lipinski definition) is 2. The lowest BCUT2D eigenvalue weighted by molar-refractivity contribution is 0.588. The van der Waals surface area contributed by atoms with Crippen LogP contribution in [0.25, 0.3) is 0 Å². The van der Waals surface area contributed by atoms with Crippen LogP contribution in [0.15, 0.2) is 24.3 Å². The Morgan fingerprint density at radius 2 is 2.05 bits per heavy atom. The zero-order valence-corrected chi connectivity index (χ0v) is 13.2. The van der Waals surface area contributed by atoms with Crippen LogP contribution < -0.4 is 5.32 Å². The third kappa shape index (κ3) is 2.93. The fourth-order valence-corrected chi connectivity index (χ4v) is 2.73. The summed E-state index contributed by atoms with van der Waals surface area (Å²) in [6.07, 6.45) is 2.06. The number of rotatable bonds is 5. The van der Waals surface area contributed by atoms with Crippen LogP contribution >= 0.6 is 0 Å². The molecule has 0 aliphatic heterocycles. The topological polar surface area (TPSA) is 29.9 Å². The van der Waals surface area contributed by atoms with Crippen LogP contribution in [0.4, 0.5) is 0 Å². The predicted octanol–water partition coefficient (Wildman–Crippen LogP) is 3.10. The van der Waals surface area contributed by atoms with Crippen molar-refractivity contribution in [3.05, 3.63) is 52.3 Å². The van der Waals surface area contributed by atoms with E-state index in [-0.39, 0.29) is 0 Å². The molecule has 108 valence electrons. The molecule has 0 radical (unpaired) electrons. The van der Waals surface area contributed by atoms with Crippen LogP contribution in [0.3, 0.4) is 0 Å². The SMILES string of the molecule is CCc1cccc(C(Cc2c(C)nn(C)c2C)NC)c1. The summed E-state index contributed by atoms with van der Waals surface area (Å²) in [5, 5.41) is 7.96. The highest BCUT2D eigenvalue weighted by Crippen LogP contribution is 2.23. The molecule has 0 aliphatic rings. The van der Waals surface area contributed by atoms with Gasteiger partial charge >= 0.3 is 0 Å². The molecule has 1 atom stereocenters. The second-order valence-electron chi connectivity index (χ2n) is 5.42. The van der Waals surface area contributed by atoms with E-state index in [0.717, 1.165) is 18.5 Å². The van der Waals surface area contributed by atoms with Gasteiger partial charge in [0.15, 0.2) is 0 Å². The van der Waals surface area contributed by atoms with E-state index in [1.165, 1.54) is 22.4 Å². The molecule has 3 heteroatoms. The van der Waals surface area contributed by atoms with Crippen LogP contribution in [0, 0.1) is 13.8 Å². The minimum Gasteiger partial charge on any atom is -0.313 e. The van der Waals surface area contributed by atoms with Crippen molar-refractivity contribution in [2.75, 3.05) is 7.05 Å². The standard InChI is InChI=1S/C17H25N3/c1-6-14-8-7-9-15(10-14)17(18-4)11-16-12(2)19-20(5)13(16)3/h7-10,17-18H,6,11H2,1-5H3. The summed E-state index contributed by atoms with van der Waals surface area (Å²) in [4.78, 5) is 0. The van der Waals surface area contributed by atoms with Crippen LogP contribution in [0.1, 0.15) is 41.0 Å². The van der Waals surface area contributed by atoms with Crippen molar-refractivity contribution < 1.29 is 0 Å². The molecule has 0 saturated carbocycles. The van der Waals surface area contributed by atoms with Gasteiger partial charge < -0.3 is 5.32 Å². The molecule has 1 heterocycles. The maximum Gasteiger partial charge on any atom is 0.0629 e. The molecular weight excluding hydrogens is 246 g/mol. The highest BCUT2D eigenvalue weighted by atomic mass is 15.3. The van der Waals surface area contributed by atoms with Crippen molar-refractivity contribution in [2.45, 2.75) is 39.7 Å². The summed E-state index contributed by atoms with van der Waals surface area (Å²) in [5.41, 5.74) is 6.50. The number of nitrogens with one attached hydrogen (secondary N) is 1. The second kappa shape index (κ2) is 6.23. The largest absolute Gasteiger partial charge is 0.313 e. The zero-order valence-electron chi connectivity index (χ0n) is 13.2. The van der Waals surface area contributed by atoms with Gasteiger partial charge in [-0.1, -0.05) is 31.2 Å². The molecule has 1 aromatic carbocycles. The molecule has 0 fully saturated rings. The zero-order chi connectivity index (χ0) is 14.7. The number of benzene rings is 1. The van der Waals surface area contributed by atoms with Crippen molar-refractivity contribution in [1.29, 1.82) is 0 Å². The second-order valence-corrected chi connectivity index (χ2v) is 5.42. The summed E-state index contributed by atoms with van der Waals surface area (Å²) >= 11 is 0. The van der Waals surface area contributed by atoms with E-state index in [0.29, 0.717) is 6.04 Å². The molecule has 0 amide bonds. The van der Waals surface area contributed by atoms with E-state index < -0.39 is 0 Å². The van der Waals surface area contributed by atoms with Gasteiger partial charge in [-0.3, -0.25) is 4.68 Å². The van der Waals surface area contributed by atoms with Gasteiger partial charge in [0.25, 0.3) is 0 Å². The van der Waals surface area contributed by atoms with E-state index in [1.54, 1.807) is 0 Å². The Morgan fingerprint density at radius 3 is 2.60 bits per heavy atom. The third-order valence-electron chi connectivity index (χ3n) is 4.18. The molecule has 2 rings (SSSR count). The van der Waals surface area contributed by atoms with E-state index in [4.69, 9.17) is 0 Å². The lowest BCUT2D eigenvalue weighted by Gasteiger charge is -2.18. The van der Waals surface area contributed by atoms with E-state index in [2.05, 4.69) is 55.5 Å².